The number of carboxylic acid groups (broad SMARTS) is 1. The van der Waals surface area contributed by atoms with Crippen LogP contribution in [0.15, 0.2) is 48.5 Å². The molecule has 7 nitrogen and oxygen atoms in total. The summed E-state index contributed by atoms with van der Waals surface area (Å²) in [6.45, 7) is 2.14. The summed E-state index contributed by atoms with van der Waals surface area (Å²) in [7, 11) is 0. The molecule has 2 saturated carbocycles. The van der Waals surface area contributed by atoms with Crippen LogP contribution >= 0.6 is 11.8 Å². The van der Waals surface area contributed by atoms with Crippen molar-refractivity contribution in [2.45, 2.75) is 49.6 Å². The number of rotatable bonds is 5. The number of nitrogens with zero attached hydrogens (tertiary/aromatic N) is 1. The first-order valence-electron chi connectivity index (χ1n) is 12.2. The molecule has 3 fully saturated rings. The molecular formula is C27H28N2O5S. The third kappa shape index (κ3) is 3.61. The fraction of sp³-hybridized carbons (Fsp3) is 0.444. The fourth-order valence-electron chi connectivity index (χ4n) is 6.47. The van der Waals surface area contributed by atoms with E-state index < -0.39 is 23.5 Å². The van der Waals surface area contributed by atoms with Crippen LogP contribution in [0.5, 0.6) is 0 Å². The van der Waals surface area contributed by atoms with Crippen molar-refractivity contribution < 1.29 is 24.2 Å². The number of aliphatic carboxylic acids is 1. The Balaban J connectivity index is 1.08. The molecule has 0 spiro atoms. The SMILES string of the molecule is CC1SCC(C(=O)O)N1C(=O)[C@]12C[C@H](NC(=O)OCC3c4ccccc4-c4ccccc43)C[C@H]1C2. The standard InChI is InChI=1S/C27H28N2O5S/c1-15-29(23(14-35-15)24(30)31)25(32)27-11-16(27)10-17(12-27)28-26(33)34-13-22-20-8-4-2-6-18(20)19-7-3-5-9-21(19)22/h2-9,15-17,22-23H,10-14H2,1H3,(H,28,33)(H,30,31)/t15?,16-,17+,23?,27+/m0/s1. The highest BCUT2D eigenvalue weighted by Crippen LogP contribution is 2.65. The van der Waals surface area contributed by atoms with E-state index in [1.807, 2.05) is 31.2 Å². The zero-order valence-corrected chi connectivity index (χ0v) is 20.3. The Morgan fingerprint density at radius 1 is 1.09 bits per heavy atom. The minimum atomic E-state index is -0.949. The molecule has 4 aliphatic rings. The molecule has 2 N–H and O–H groups in total. The first-order chi connectivity index (χ1) is 16.9. The second-order valence-electron chi connectivity index (χ2n) is 10.2. The highest BCUT2D eigenvalue weighted by Gasteiger charge is 2.67. The van der Waals surface area contributed by atoms with E-state index in [1.54, 1.807) is 4.90 Å². The molecule has 3 aliphatic carbocycles. The Morgan fingerprint density at radius 2 is 1.74 bits per heavy atom. The third-order valence-corrected chi connectivity index (χ3v) is 9.46. The summed E-state index contributed by atoms with van der Waals surface area (Å²) in [4.78, 5) is 39.3. The van der Waals surface area contributed by atoms with Gasteiger partial charge in [0.05, 0.1) is 10.8 Å². The summed E-state index contributed by atoms with van der Waals surface area (Å²) in [6.07, 6.45) is 1.58. The van der Waals surface area contributed by atoms with E-state index in [0.717, 1.165) is 12.8 Å². The van der Waals surface area contributed by atoms with Crippen molar-refractivity contribution in [2.24, 2.45) is 11.3 Å². The summed E-state index contributed by atoms with van der Waals surface area (Å²) >= 11 is 1.50. The predicted molar refractivity (Wildman–Crippen MR) is 132 cm³/mol. The minimum absolute atomic E-state index is 0.000146. The van der Waals surface area contributed by atoms with E-state index in [4.69, 9.17) is 4.74 Å². The molecule has 2 aromatic carbocycles. The second kappa shape index (κ2) is 8.29. The fourth-order valence-corrected chi connectivity index (χ4v) is 7.64. The number of nitrogens with one attached hydrogen (secondary N) is 1. The molecule has 6 rings (SSSR count). The number of alkyl carbamates (subject to hydrolysis) is 1. The third-order valence-electron chi connectivity index (χ3n) is 8.25. The van der Waals surface area contributed by atoms with Crippen LogP contribution in [0.2, 0.25) is 0 Å². The molecular weight excluding hydrogens is 464 g/mol. The van der Waals surface area contributed by atoms with Crippen LogP contribution in [-0.4, -0.2) is 57.8 Å². The largest absolute Gasteiger partial charge is 0.480 e. The van der Waals surface area contributed by atoms with Gasteiger partial charge >= 0.3 is 12.1 Å². The highest BCUT2D eigenvalue weighted by atomic mass is 32.2. The number of carboxylic acids is 1. The normalized spacial score (nSPS) is 30.4. The van der Waals surface area contributed by atoms with Crippen molar-refractivity contribution in [3.63, 3.8) is 0 Å². The smallest absolute Gasteiger partial charge is 0.407 e. The molecule has 0 radical (unpaired) electrons. The van der Waals surface area contributed by atoms with Crippen molar-refractivity contribution in [1.82, 2.24) is 10.2 Å². The molecule has 2 unspecified atom stereocenters. The average molecular weight is 493 g/mol. The van der Waals surface area contributed by atoms with Crippen LogP contribution in [0.3, 0.4) is 0 Å². The van der Waals surface area contributed by atoms with Gasteiger partial charge < -0.3 is 20.1 Å². The summed E-state index contributed by atoms with van der Waals surface area (Å²) in [5.41, 5.74) is 4.16. The van der Waals surface area contributed by atoms with Crippen LogP contribution in [0.1, 0.15) is 43.2 Å². The van der Waals surface area contributed by atoms with Gasteiger partial charge in [-0.2, -0.15) is 0 Å². The first-order valence-corrected chi connectivity index (χ1v) is 13.2. The van der Waals surface area contributed by atoms with E-state index >= 15 is 0 Å². The van der Waals surface area contributed by atoms with Gasteiger partial charge in [0, 0.05) is 17.7 Å². The molecule has 182 valence electrons. The summed E-state index contributed by atoms with van der Waals surface area (Å²) < 4.78 is 5.68. The van der Waals surface area contributed by atoms with Crippen LogP contribution in [0, 0.1) is 11.3 Å². The minimum Gasteiger partial charge on any atom is -0.480 e. The van der Waals surface area contributed by atoms with Gasteiger partial charge in [-0.15, -0.1) is 11.8 Å². The maximum atomic E-state index is 13.4. The van der Waals surface area contributed by atoms with Crippen LogP contribution < -0.4 is 5.32 Å². The van der Waals surface area contributed by atoms with Crippen molar-refractivity contribution in [3.8, 4) is 11.1 Å². The Labute approximate surface area is 208 Å². The topological polar surface area (TPSA) is 95.9 Å². The molecule has 35 heavy (non-hydrogen) atoms. The van der Waals surface area contributed by atoms with E-state index in [2.05, 4.69) is 29.6 Å². The molecule has 2 aromatic rings. The Kier molecular flexibility index (Phi) is 5.32. The summed E-state index contributed by atoms with van der Waals surface area (Å²) in [6, 6.07) is 15.5. The van der Waals surface area contributed by atoms with Crippen LogP contribution in [0.4, 0.5) is 4.79 Å². The Bertz CT molecular complexity index is 1170. The molecule has 0 bridgehead atoms. The number of amides is 2. The van der Waals surface area contributed by atoms with Gasteiger partial charge in [0.1, 0.15) is 12.6 Å². The lowest BCUT2D eigenvalue weighted by Crippen LogP contribution is -2.48. The van der Waals surface area contributed by atoms with E-state index in [-0.39, 0.29) is 35.8 Å². The number of hydrogen-bond donors (Lipinski definition) is 2. The van der Waals surface area contributed by atoms with E-state index in [9.17, 15) is 19.5 Å². The molecule has 0 aromatic heterocycles. The molecule has 8 heteroatoms. The van der Waals surface area contributed by atoms with Crippen molar-refractivity contribution in [3.05, 3.63) is 59.7 Å². The Hall–Kier alpha value is -3.00. The maximum absolute atomic E-state index is 13.4. The van der Waals surface area contributed by atoms with E-state index in [0.29, 0.717) is 12.2 Å². The quantitative estimate of drug-likeness (QED) is 0.653. The zero-order valence-electron chi connectivity index (χ0n) is 19.5. The van der Waals surface area contributed by atoms with Gasteiger partial charge in [-0.1, -0.05) is 48.5 Å². The van der Waals surface area contributed by atoms with Gasteiger partial charge in [0.25, 0.3) is 0 Å². The molecule has 1 aliphatic heterocycles. The number of thioether (sulfide) groups is 1. The molecule has 1 heterocycles. The molecule has 5 atom stereocenters. The lowest BCUT2D eigenvalue weighted by atomic mass is 9.98. The van der Waals surface area contributed by atoms with Crippen LogP contribution in [-0.2, 0) is 14.3 Å². The highest BCUT2D eigenvalue weighted by molar-refractivity contribution is 8.00. The number of hydrogen-bond acceptors (Lipinski definition) is 5. The molecule has 2 amide bonds. The lowest BCUT2D eigenvalue weighted by molar-refractivity contribution is -0.151. The second-order valence-corrected chi connectivity index (χ2v) is 11.5. The predicted octanol–water partition coefficient (Wildman–Crippen LogP) is 4.07. The van der Waals surface area contributed by atoms with Gasteiger partial charge in [-0.05, 0) is 54.4 Å². The number of benzene rings is 2. The van der Waals surface area contributed by atoms with Gasteiger partial charge in [0.2, 0.25) is 5.91 Å². The Morgan fingerprint density at radius 3 is 2.40 bits per heavy atom. The number of fused-ring (bicyclic) bond motifs is 4. The van der Waals surface area contributed by atoms with E-state index in [1.165, 1.54) is 34.0 Å². The van der Waals surface area contributed by atoms with Gasteiger partial charge in [-0.25, -0.2) is 9.59 Å². The summed E-state index contributed by atoms with van der Waals surface area (Å²) in [5, 5.41) is 12.4. The van der Waals surface area contributed by atoms with Gasteiger partial charge in [0.15, 0.2) is 0 Å². The number of ether oxygens (including phenoxy) is 1. The van der Waals surface area contributed by atoms with Crippen molar-refractivity contribution >= 4 is 29.7 Å². The number of carbonyl (C=O) groups excluding carboxylic acids is 2. The molecule has 1 saturated heterocycles. The lowest BCUT2D eigenvalue weighted by Gasteiger charge is -2.29. The first kappa shape index (κ1) is 22.5. The van der Waals surface area contributed by atoms with Crippen molar-refractivity contribution in [1.29, 1.82) is 0 Å². The van der Waals surface area contributed by atoms with Gasteiger partial charge in [-0.3, -0.25) is 4.79 Å². The summed E-state index contributed by atoms with van der Waals surface area (Å²) in [5.74, 6) is -0.398. The van der Waals surface area contributed by atoms with Crippen LogP contribution in [0.25, 0.3) is 11.1 Å². The number of carbonyl (C=O) groups is 3. The maximum Gasteiger partial charge on any atom is 0.407 e. The monoisotopic (exact) mass is 492 g/mol. The average Bonchev–Trinajstić information content (AvgIpc) is 3.12. The van der Waals surface area contributed by atoms with Crippen molar-refractivity contribution in [2.75, 3.05) is 12.4 Å². The zero-order chi connectivity index (χ0) is 24.3.